The number of carbonyl (C=O) groups excluding carboxylic acids is 1. The maximum absolute atomic E-state index is 12.3. The van der Waals surface area contributed by atoms with Crippen LogP contribution in [-0.2, 0) is 11.5 Å². The number of halogens is 3. The minimum absolute atomic E-state index is 0.335. The van der Waals surface area contributed by atoms with Crippen molar-refractivity contribution in [1.82, 2.24) is 9.78 Å². The van der Waals surface area contributed by atoms with E-state index in [9.17, 15) is 18.0 Å². The molecule has 0 spiro atoms. The quantitative estimate of drug-likeness (QED) is 0.839. The van der Waals surface area contributed by atoms with E-state index in [-0.39, 0.29) is 6.73 Å². The molecule has 0 aliphatic heterocycles. The lowest BCUT2D eigenvalue weighted by Crippen LogP contribution is -2.18. The molecule has 0 unspecified atom stereocenters. The van der Waals surface area contributed by atoms with Gasteiger partial charge in [0.25, 0.3) is 5.91 Å². The molecule has 9 heteroatoms. The fourth-order valence-electron chi connectivity index (χ4n) is 1.89. The van der Waals surface area contributed by atoms with Crippen LogP contribution in [0.25, 0.3) is 0 Å². The number of alkyl halides is 3. The predicted octanol–water partition coefficient (Wildman–Crippen LogP) is 3.07. The van der Waals surface area contributed by atoms with Crippen LogP contribution in [0, 0.1) is 0 Å². The van der Waals surface area contributed by atoms with E-state index in [1.165, 1.54) is 12.4 Å². The van der Waals surface area contributed by atoms with Crippen molar-refractivity contribution >= 4 is 11.6 Å². The van der Waals surface area contributed by atoms with Crippen molar-refractivity contribution < 1.29 is 27.4 Å². The van der Waals surface area contributed by atoms with Crippen LogP contribution >= 0.6 is 0 Å². The molecule has 0 radical (unpaired) electrons. The molecule has 1 aromatic carbocycles. The van der Waals surface area contributed by atoms with Crippen LogP contribution in [0.5, 0.6) is 5.75 Å². The van der Waals surface area contributed by atoms with E-state index in [1.807, 2.05) is 0 Å². The first-order valence-electron chi connectivity index (χ1n) is 7.09. The lowest BCUT2D eigenvalue weighted by molar-refractivity contribution is -0.182. The summed E-state index contributed by atoms with van der Waals surface area (Å²) >= 11 is 0. The minimum Gasteiger partial charge on any atom is -0.493 e. The Labute approximate surface area is 136 Å². The highest BCUT2D eigenvalue weighted by molar-refractivity contribution is 6.06. The lowest BCUT2D eigenvalue weighted by atomic mass is 10.2. The number of anilines is 1. The largest absolute Gasteiger partial charge is 0.493 e. The van der Waals surface area contributed by atoms with Gasteiger partial charge in [-0.2, -0.15) is 18.3 Å². The summed E-state index contributed by atoms with van der Waals surface area (Å²) < 4.78 is 47.0. The smallest absolute Gasteiger partial charge is 0.411 e. The van der Waals surface area contributed by atoms with E-state index >= 15 is 0 Å². The van der Waals surface area contributed by atoms with Gasteiger partial charge in [0.15, 0.2) is 0 Å². The number of hydrogen-bond acceptors (Lipinski definition) is 4. The molecule has 1 heterocycles. The van der Waals surface area contributed by atoms with Crippen LogP contribution in [-0.4, -0.2) is 35.1 Å². The molecule has 0 fully saturated rings. The van der Waals surface area contributed by atoms with Crippen LogP contribution in [0.2, 0.25) is 0 Å². The number of amides is 1. The number of rotatable bonds is 7. The maximum atomic E-state index is 12.3. The third kappa shape index (κ3) is 5.27. The van der Waals surface area contributed by atoms with Crippen molar-refractivity contribution in [3.63, 3.8) is 0 Å². The average Bonchev–Trinajstić information content (AvgIpc) is 2.94. The number of hydrogen-bond donors (Lipinski definition) is 1. The zero-order valence-electron chi connectivity index (χ0n) is 12.8. The highest BCUT2D eigenvalue weighted by atomic mass is 19.4. The summed E-state index contributed by atoms with van der Waals surface area (Å²) in [5.41, 5.74) is 0.683. The van der Waals surface area contributed by atoms with Gasteiger partial charge in [0.2, 0.25) is 0 Å². The molecular weight excluding hydrogens is 327 g/mol. The van der Waals surface area contributed by atoms with E-state index in [0.717, 1.165) is 4.68 Å². The Morgan fingerprint density at radius 3 is 2.79 bits per heavy atom. The zero-order valence-corrected chi connectivity index (χ0v) is 12.8. The number of aromatic nitrogens is 2. The van der Waals surface area contributed by atoms with E-state index in [2.05, 4.69) is 15.2 Å². The van der Waals surface area contributed by atoms with Crippen LogP contribution in [0.3, 0.4) is 0 Å². The molecule has 0 saturated heterocycles. The van der Waals surface area contributed by atoms with Gasteiger partial charge in [-0.05, 0) is 19.1 Å². The van der Waals surface area contributed by atoms with Gasteiger partial charge in [0, 0.05) is 0 Å². The van der Waals surface area contributed by atoms with Gasteiger partial charge in [-0.1, -0.05) is 12.1 Å². The maximum Gasteiger partial charge on any atom is 0.411 e. The second-order valence-electron chi connectivity index (χ2n) is 4.74. The number of nitrogens with one attached hydrogen (secondary N) is 1. The lowest BCUT2D eigenvalue weighted by Gasteiger charge is -2.09. The topological polar surface area (TPSA) is 65.4 Å². The Bertz CT molecular complexity index is 686. The molecule has 0 aliphatic rings. The van der Waals surface area contributed by atoms with Gasteiger partial charge < -0.3 is 14.8 Å². The second-order valence-corrected chi connectivity index (χ2v) is 4.74. The molecule has 2 rings (SSSR count). The molecule has 24 heavy (non-hydrogen) atoms. The predicted molar refractivity (Wildman–Crippen MR) is 79.8 cm³/mol. The van der Waals surface area contributed by atoms with Crippen molar-refractivity contribution in [3.8, 4) is 5.75 Å². The summed E-state index contributed by atoms with van der Waals surface area (Å²) in [5, 5.41) is 6.42. The fourth-order valence-corrected chi connectivity index (χ4v) is 1.89. The van der Waals surface area contributed by atoms with Gasteiger partial charge in [-0.25, -0.2) is 4.68 Å². The SMILES string of the molecule is CCOc1ccccc1C(=O)Nc1cnn(COCC(F)(F)F)c1. The molecule has 2 aromatic rings. The van der Waals surface area contributed by atoms with Crippen LogP contribution in [0.1, 0.15) is 17.3 Å². The summed E-state index contributed by atoms with van der Waals surface area (Å²) in [7, 11) is 0. The van der Waals surface area contributed by atoms with Crippen molar-refractivity contribution in [3.05, 3.63) is 42.2 Å². The molecule has 130 valence electrons. The van der Waals surface area contributed by atoms with Gasteiger partial charge in [-0.3, -0.25) is 4.79 Å². The minimum atomic E-state index is -4.40. The van der Waals surface area contributed by atoms with Gasteiger partial charge in [0.1, 0.15) is 19.1 Å². The first-order valence-corrected chi connectivity index (χ1v) is 7.09. The van der Waals surface area contributed by atoms with E-state index in [4.69, 9.17) is 4.74 Å². The Hall–Kier alpha value is -2.55. The van der Waals surface area contributed by atoms with E-state index < -0.39 is 18.7 Å². The number of ether oxygens (including phenoxy) is 2. The Kier molecular flexibility index (Phi) is 5.80. The van der Waals surface area contributed by atoms with Crippen molar-refractivity contribution in [2.75, 3.05) is 18.5 Å². The van der Waals surface area contributed by atoms with Crippen molar-refractivity contribution in [2.24, 2.45) is 0 Å². The third-order valence-electron chi connectivity index (χ3n) is 2.81. The molecule has 0 aliphatic carbocycles. The highest BCUT2D eigenvalue weighted by Crippen LogP contribution is 2.20. The fraction of sp³-hybridized carbons (Fsp3) is 0.333. The van der Waals surface area contributed by atoms with Gasteiger partial charge in [0.05, 0.1) is 30.3 Å². The first-order chi connectivity index (χ1) is 11.4. The van der Waals surface area contributed by atoms with Crippen LogP contribution in [0.15, 0.2) is 36.7 Å². The molecule has 6 nitrogen and oxygen atoms in total. The molecular formula is C15H16F3N3O3. The normalized spacial score (nSPS) is 11.3. The summed E-state index contributed by atoms with van der Waals surface area (Å²) in [6.45, 7) is 0.486. The standard InChI is InChI=1S/C15H16F3N3O3/c1-2-24-13-6-4-3-5-12(13)14(22)20-11-7-19-21(8-11)10-23-9-15(16,17)18/h3-8H,2,9-10H2,1H3,(H,20,22). The number of para-hydroxylation sites is 1. The molecule has 0 atom stereocenters. The third-order valence-corrected chi connectivity index (χ3v) is 2.81. The van der Waals surface area contributed by atoms with E-state index in [0.29, 0.717) is 23.6 Å². The molecule has 1 aromatic heterocycles. The first kappa shape index (κ1) is 17.8. The number of nitrogens with zero attached hydrogens (tertiary/aromatic N) is 2. The second kappa shape index (κ2) is 7.82. The Morgan fingerprint density at radius 2 is 2.08 bits per heavy atom. The number of benzene rings is 1. The average molecular weight is 343 g/mol. The van der Waals surface area contributed by atoms with Crippen LogP contribution < -0.4 is 10.1 Å². The summed E-state index contributed by atoms with van der Waals surface area (Å²) in [6.07, 6.45) is -1.71. The molecule has 0 saturated carbocycles. The van der Waals surface area contributed by atoms with Crippen molar-refractivity contribution in [1.29, 1.82) is 0 Å². The summed E-state index contributed by atoms with van der Waals surface area (Å²) in [6, 6.07) is 6.73. The Morgan fingerprint density at radius 1 is 1.33 bits per heavy atom. The van der Waals surface area contributed by atoms with Crippen molar-refractivity contribution in [2.45, 2.75) is 19.8 Å². The van der Waals surface area contributed by atoms with Crippen LogP contribution in [0.4, 0.5) is 18.9 Å². The highest BCUT2D eigenvalue weighted by Gasteiger charge is 2.27. The van der Waals surface area contributed by atoms with Gasteiger partial charge >= 0.3 is 6.18 Å². The van der Waals surface area contributed by atoms with Gasteiger partial charge in [-0.15, -0.1) is 0 Å². The summed E-state index contributed by atoms with van der Waals surface area (Å²) in [5.74, 6) is 0.0354. The molecule has 1 N–H and O–H groups in total. The molecule has 0 bridgehead atoms. The summed E-state index contributed by atoms with van der Waals surface area (Å²) in [4.78, 5) is 12.3. The Balaban J connectivity index is 1.96. The molecule has 1 amide bonds. The monoisotopic (exact) mass is 343 g/mol. The zero-order chi connectivity index (χ0) is 17.6. The van der Waals surface area contributed by atoms with E-state index in [1.54, 1.807) is 31.2 Å². The number of carbonyl (C=O) groups is 1.